The molecule has 0 atom stereocenters. The van der Waals surface area contributed by atoms with Gasteiger partial charge in [0.25, 0.3) is 0 Å². The van der Waals surface area contributed by atoms with Crippen LogP contribution in [0.4, 0.5) is 0 Å². The van der Waals surface area contributed by atoms with Crippen molar-refractivity contribution in [3.8, 4) is 11.5 Å². The maximum atomic E-state index is 12.5. The number of nitrogens with zero attached hydrogens (tertiary/aromatic N) is 5. The van der Waals surface area contributed by atoms with Crippen molar-refractivity contribution in [2.45, 2.75) is 11.8 Å². The number of imidazole rings is 1. The van der Waals surface area contributed by atoms with E-state index in [9.17, 15) is 8.42 Å². The van der Waals surface area contributed by atoms with Gasteiger partial charge in [-0.05, 0) is 26.1 Å². The van der Waals surface area contributed by atoms with Gasteiger partial charge in [0.1, 0.15) is 17.2 Å². The number of aryl methyl sites for hydroxylation is 1. The van der Waals surface area contributed by atoms with Crippen LogP contribution in [-0.2, 0) is 21.9 Å². The molecule has 3 N–H and O–H groups in total. The van der Waals surface area contributed by atoms with Crippen molar-refractivity contribution in [2.24, 2.45) is 17.9 Å². The summed E-state index contributed by atoms with van der Waals surface area (Å²) in [6.45, 7) is 2.08. The number of amidine groups is 1. The summed E-state index contributed by atoms with van der Waals surface area (Å²) >= 11 is 0. The molecule has 0 aliphatic heterocycles. The molecule has 2 aromatic heterocycles. The van der Waals surface area contributed by atoms with E-state index in [-0.39, 0.29) is 22.2 Å². The number of hydrogen-bond donors (Lipinski definition) is 2. The highest BCUT2D eigenvalue weighted by Gasteiger charge is 2.25. The molecule has 1 aromatic carbocycles. The van der Waals surface area contributed by atoms with Crippen LogP contribution < -0.4 is 10.5 Å². The summed E-state index contributed by atoms with van der Waals surface area (Å²) in [4.78, 5) is 17.7. The molecule has 0 aliphatic rings. The minimum atomic E-state index is -3.83. The summed E-state index contributed by atoms with van der Waals surface area (Å²) in [7, 11) is -0.741. The van der Waals surface area contributed by atoms with Gasteiger partial charge in [-0.1, -0.05) is 17.3 Å². The van der Waals surface area contributed by atoms with Gasteiger partial charge in [0.2, 0.25) is 15.9 Å². The van der Waals surface area contributed by atoms with Gasteiger partial charge in [0, 0.05) is 7.05 Å². The Kier molecular flexibility index (Phi) is 5.06. The number of sulfonamides is 1. The van der Waals surface area contributed by atoms with Crippen LogP contribution in [0.15, 0.2) is 40.5 Å². The van der Waals surface area contributed by atoms with Crippen LogP contribution in [0.1, 0.15) is 12.7 Å². The first-order valence-corrected chi connectivity index (χ1v) is 9.55. The van der Waals surface area contributed by atoms with E-state index in [1.807, 2.05) is 24.3 Å². The average molecular weight is 389 g/mol. The van der Waals surface area contributed by atoms with Crippen molar-refractivity contribution < 1.29 is 13.3 Å². The minimum absolute atomic E-state index is 0.0422. The number of nitrogens with two attached hydrogens (primary N) is 1. The van der Waals surface area contributed by atoms with Gasteiger partial charge in [-0.15, -0.1) is 0 Å². The lowest BCUT2D eigenvalue weighted by Crippen LogP contribution is -2.23. The minimum Gasteiger partial charge on any atom is -0.394 e. The van der Waals surface area contributed by atoms with Crippen molar-refractivity contribution in [3.05, 3.63) is 36.3 Å². The van der Waals surface area contributed by atoms with E-state index in [2.05, 4.69) is 24.8 Å². The maximum absolute atomic E-state index is 12.5. The fourth-order valence-corrected chi connectivity index (χ4v) is 3.30. The Balaban J connectivity index is 2.28. The van der Waals surface area contributed by atoms with Crippen molar-refractivity contribution >= 4 is 26.9 Å². The predicted molar refractivity (Wildman–Crippen MR) is 100 cm³/mol. The first kappa shape index (κ1) is 18.7. The third-order valence-electron chi connectivity index (χ3n) is 3.83. The number of fused-ring (bicyclic) bond motifs is 1. The van der Waals surface area contributed by atoms with Crippen molar-refractivity contribution in [3.63, 3.8) is 0 Å². The molecule has 0 amide bonds. The van der Waals surface area contributed by atoms with Gasteiger partial charge in [-0.25, -0.2) is 28.1 Å². The van der Waals surface area contributed by atoms with Crippen LogP contribution in [0, 0.1) is 0 Å². The maximum Gasteiger partial charge on any atom is 0.244 e. The van der Waals surface area contributed by atoms with Crippen LogP contribution in [0.3, 0.4) is 0 Å². The second-order valence-electron chi connectivity index (χ2n) is 5.49. The Bertz CT molecular complexity index is 1120. The van der Waals surface area contributed by atoms with Gasteiger partial charge in [-0.2, -0.15) is 0 Å². The number of oxime groups is 1. The van der Waals surface area contributed by atoms with Crippen molar-refractivity contribution in [1.29, 1.82) is 0 Å². The Hall–Kier alpha value is -3.05. The largest absolute Gasteiger partial charge is 0.394 e. The highest BCUT2D eigenvalue weighted by Crippen LogP contribution is 2.27. The Morgan fingerprint density at radius 2 is 2.07 bits per heavy atom. The molecule has 0 saturated carbocycles. The third-order valence-corrected chi connectivity index (χ3v) is 5.25. The fourth-order valence-electron chi connectivity index (χ4n) is 2.49. The summed E-state index contributed by atoms with van der Waals surface area (Å²) in [6.07, 6.45) is 1.18. The van der Waals surface area contributed by atoms with Gasteiger partial charge in [0.05, 0.1) is 17.2 Å². The van der Waals surface area contributed by atoms with Gasteiger partial charge in [-0.3, -0.25) is 0 Å². The zero-order valence-corrected chi connectivity index (χ0v) is 15.9. The molecule has 142 valence electrons. The normalized spacial score (nSPS) is 12.5. The first-order valence-electron chi connectivity index (χ1n) is 8.07. The molecule has 0 bridgehead atoms. The standard InChI is InChI=1S/C16H19N7O3S/c1-4-26-22-14(17)15-19-9-12(27(24,25)18-2)13(21-15)16-20-10-7-5-6-8-11(10)23(16)3/h5-9,18H,4H2,1-3H3,(H2,17,22). The molecule has 0 spiro atoms. The molecule has 3 aromatic rings. The highest BCUT2D eigenvalue weighted by molar-refractivity contribution is 7.89. The van der Waals surface area contributed by atoms with Crippen LogP contribution >= 0.6 is 0 Å². The molecule has 27 heavy (non-hydrogen) atoms. The molecule has 3 rings (SSSR count). The van der Waals surface area contributed by atoms with E-state index in [0.717, 1.165) is 5.52 Å². The van der Waals surface area contributed by atoms with Crippen LogP contribution in [0.5, 0.6) is 0 Å². The number of aromatic nitrogens is 4. The van der Waals surface area contributed by atoms with E-state index < -0.39 is 10.0 Å². The molecule has 11 heteroatoms. The van der Waals surface area contributed by atoms with E-state index in [0.29, 0.717) is 17.9 Å². The zero-order valence-electron chi connectivity index (χ0n) is 15.0. The van der Waals surface area contributed by atoms with Crippen molar-refractivity contribution in [1.82, 2.24) is 24.2 Å². The summed E-state index contributed by atoms with van der Waals surface area (Å²) < 4.78 is 28.9. The molecule has 0 unspecified atom stereocenters. The molecule has 0 radical (unpaired) electrons. The van der Waals surface area contributed by atoms with E-state index in [1.54, 1.807) is 18.5 Å². The van der Waals surface area contributed by atoms with E-state index >= 15 is 0 Å². The topological polar surface area (TPSA) is 137 Å². The quantitative estimate of drug-likeness (QED) is 0.358. The summed E-state index contributed by atoms with van der Waals surface area (Å²) in [6, 6.07) is 7.43. The molecule has 10 nitrogen and oxygen atoms in total. The summed E-state index contributed by atoms with van der Waals surface area (Å²) in [5.41, 5.74) is 7.49. The lowest BCUT2D eigenvalue weighted by molar-refractivity contribution is 0.158. The van der Waals surface area contributed by atoms with Gasteiger partial charge < -0.3 is 15.1 Å². The number of benzene rings is 1. The Morgan fingerprint density at radius 3 is 2.74 bits per heavy atom. The fraction of sp³-hybridized carbons (Fsp3) is 0.250. The highest BCUT2D eigenvalue weighted by atomic mass is 32.2. The van der Waals surface area contributed by atoms with Gasteiger partial charge in [0.15, 0.2) is 11.6 Å². The third kappa shape index (κ3) is 3.46. The SMILES string of the molecule is CCO/N=C(\N)c1ncc(S(=O)(=O)NC)c(-c2nc3ccccc3n2C)n1. The van der Waals surface area contributed by atoms with Gasteiger partial charge >= 0.3 is 0 Å². The second-order valence-corrected chi connectivity index (χ2v) is 7.35. The molecular formula is C16H19N7O3S. The number of nitrogens with one attached hydrogen (secondary N) is 1. The molecule has 2 heterocycles. The Labute approximate surface area is 156 Å². The second kappa shape index (κ2) is 7.29. The molecule has 0 saturated heterocycles. The smallest absolute Gasteiger partial charge is 0.244 e. The average Bonchev–Trinajstić information content (AvgIpc) is 3.02. The van der Waals surface area contributed by atoms with E-state index in [1.165, 1.54) is 13.2 Å². The zero-order chi connectivity index (χ0) is 19.6. The number of rotatable bonds is 6. The molecule has 0 aliphatic carbocycles. The Morgan fingerprint density at radius 1 is 1.33 bits per heavy atom. The van der Waals surface area contributed by atoms with Crippen molar-refractivity contribution in [2.75, 3.05) is 13.7 Å². The van der Waals surface area contributed by atoms with Crippen LogP contribution in [-0.4, -0.2) is 47.4 Å². The summed E-state index contributed by atoms with van der Waals surface area (Å²) in [5, 5.41) is 3.70. The van der Waals surface area contributed by atoms with Crippen LogP contribution in [0.2, 0.25) is 0 Å². The molecule has 0 fully saturated rings. The predicted octanol–water partition coefficient (Wildman–Crippen LogP) is 0.595. The van der Waals surface area contributed by atoms with E-state index in [4.69, 9.17) is 10.6 Å². The first-order chi connectivity index (χ1) is 12.9. The lowest BCUT2D eigenvalue weighted by atomic mass is 10.3. The monoisotopic (exact) mass is 389 g/mol. The lowest BCUT2D eigenvalue weighted by Gasteiger charge is -2.10. The summed E-state index contributed by atoms with van der Waals surface area (Å²) in [5.74, 6) is 0.337. The number of hydrogen-bond acceptors (Lipinski definition) is 7. The number of para-hydroxylation sites is 2. The molecular weight excluding hydrogens is 370 g/mol. The van der Waals surface area contributed by atoms with Crippen LogP contribution in [0.25, 0.3) is 22.6 Å².